The van der Waals surface area contributed by atoms with E-state index in [1.807, 2.05) is 0 Å². The van der Waals surface area contributed by atoms with Crippen LogP contribution in [0, 0.1) is 0 Å². The summed E-state index contributed by atoms with van der Waals surface area (Å²) in [6, 6.07) is 0. The summed E-state index contributed by atoms with van der Waals surface area (Å²) in [5.74, 6) is -0.954. The number of carbonyl (C=O) groups excluding carboxylic acids is 3. The van der Waals surface area contributed by atoms with Crippen molar-refractivity contribution in [1.82, 2.24) is 0 Å². The SMILES string of the molecule is CC/C=C\C/C=C\C/C=C\C/C=C\C/C=C\CCCC(=O)OC(COC(=O)CCCCCCCCC)COC(=O)CCCCCCCCCCCCCCCCCCCCC. The van der Waals surface area contributed by atoms with Gasteiger partial charge in [0.05, 0.1) is 0 Å². The van der Waals surface area contributed by atoms with E-state index in [1.165, 1.54) is 128 Å². The molecule has 61 heavy (non-hydrogen) atoms. The molecular weight excluding hydrogens is 757 g/mol. The van der Waals surface area contributed by atoms with Crippen LogP contribution in [0.15, 0.2) is 60.8 Å². The topological polar surface area (TPSA) is 78.9 Å². The number of hydrogen-bond acceptors (Lipinski definition) is 6. The lowest BCUT2D eigenvalue weighted by Crippen LogP contribution is -2.30. The van der Waals surface area contributed by atoms with Gasteiger partial charge in [-0.2, -0.15) is 0 Å². The van der Waals surface area contributed by atoms with Crippen LogP contribution in [0.3, 0.4) is 0 Å². The van der Waals surface area contributed by atoms with Crippen molar-refractivity contribution in [3.63, 3.8) is 0 Å². The second kappa shape index (κ2) is 49.8. The van der Waals surface area contributed by atoms with E-state index >= 15 is 0 Å². The minimum Gasteiger partial charge on any atom is -0.462 e. The molecular formula is C55H96O6. The van der Waals surface area contributed by atoms with E-state index in [-0.39, 0.29) is 37.5 Å². The lowest BCUT2D eigenvalue weighted by molar-refractivity contribution is -0.167. The average Bonchev–Trinajstić information content (AvgIpc) is 3.26. The Morgan fingerprint density at radius 3 is 0.984 bits per heavy atom. The van der Waals surface area contributed by atoms with Gasteiger partial charge < -0.3 is 14.2 Å². The van der Waals surface area contributed by atoms with Crippen LogP contribution < -0.4 is 0 Å². The molecule has 0 saturated heterocycles. The van der Waals surface area contributed by atoms with Gasteiger partial charge in [0.25, 0.3) is 0 Å². The molecule has 6 nitrogen and oxygen atoms in total. The molecule has 0 rings (SSSR count). The molecule has 0 aliphatic rings. The minimum atomic E-state index is -0.798. The molecule has 0 heterocycles. The summed E-state index contributed by atoms with van der Waals surface area (Å²) in [6.45, 7) is 6.45. The summed E-state index contributed by atoms with van der Waals surface area (Å²) in [4.78, 5) is 37.8. The number of esters is 3. The Kier molecular flexibility index (Phi) is 47.4. The van der Waals surface area contributed by atoms with Crippen molar-refractivity contribution in [3.05, 3.63) is 60.8 Å². The van der Waals surface area contributed by atoms with E-state index in [0.717, 1.165) is 77.0 Å². The van der Waals surface area contributed by atoms with Crippen LogP contribution in [-0.4, -0.2) is 37.2 Å². The Labute approximate surface area is 377 Å². The van der Waals surface area contributed by atoms with Crippen molar-refractivity contribution in [2.24, 2.45) is 0 Å². The smallest absolute Gasteiger partial charge is 0.306 e. The summed E-state index contributed by atoms with van der Waals surface area (Å²) >= 11 is 0. The van der Waals surface area contributed by atoms with Crippen molar-refractivity contribution >= 4 is 17.9 Å². The van der Waals surface area contributed by atoms with Gasteiger partial charge in [0.15, 0.2) is 6.10 Å². The summed E-state index contributed by atoms with van der Waals surface area (Å²) in [6.07, 6.45) is 60.9. The van der Waals surface area contributed by atoms with Crippen molar-refractivity contribution in [1.29, 1.82) is 0 Å². The van der Waals surface area contributed by atoms with Gasteiger partial charge in [-0.3, -0.25) is 14.4 Å². The Morgan fingerprint density at radius 2 is 0.639 bits per heavy atom. The van der Waals surface area contributed by atoms with Crippen molar-refractivity contribution in [2.75, 3.05) is 13.2 Å². The zero-order valence-electron chi connectivity index (χ0n) is 40.2. The number of ether oxygens (including phenoxy) is 3. The van der Waals surface area contributed by atoms with E-state index < -0.39 is 6.10 Å². The third-order valence-corrected chi connectivity index (χ3v) is 11.0. The second-order valence-electron chi connectivity index (χ2n) is 17.1. The van der Waals surface area contributed by atoms with E-state index in [0.29, 0.717) is 19.3 Å². The Morgan fingerprint density at radius 1 is 0.344 bits per heavy atom. The zero-order valence-corrected chi connectivity index (χ0v) is 40.2. The van der Waals surface area contributed by atoms with E-state index in [4.69, 9.17) is 14.2 Å². The van der Waals surface area contributed by atoms with E-state index in [9.17, 15) is 14.4 Å². The van der Waals surface area contributed by atoms with Crippen LogP contribution in [0.5, 0.6) is 0 Å². The molecule has 0 aromatic rings. The summed E-state index contributed by atoms with van der Waals surface area (Å²) in [5.41, 5.74) is 0. The maximum Gasteiger partial charge on any atom is 0.306 e. The van der Waals surface area contributed by atoms with E-state index in [1.54, 1.807) is 0 Å². The molecule has 0 aliphatic carbocycles. The fraction of sp³-hybridized carbons (Fsp3) is 0.764. The monoisotopic (exact) mass is 853 g/mol. The molecule has 0 aliphatic heterocycles. The molecule has 352 valence electrons. The van der Waals surface area contributed by atoms with Gasteiger partial charge in [0, 0.05) is 19.3 Å². The zero-order chi connectivity index (χ0) is 44.4. The van der Waals surface area contributed by atoms with Crippen molar-refractivity contribution < 1.29 is 28.6 Å². The molecule has 0 spiro atoms. The molecule has 6 heteroatoms. The maximum absolute atomic E-state index is 12.7. The van der Waals surface area contributed by atoms with Gasteiger partial charge in [0.1, 0.15) is 13.2 Å². The van der Waals surface area contributed by atoms with Gasteiger partial charge in [-0.15, -0.1) is 0 Å². The standard InChI is InChI=1S/C55H96O6/c1-4-7-10-13-16-18-20-22-24-26-27-29-30-32-34-36-39-42-45-48-54(57)60-51-52(50-59-53(56)47-44-41-38-15-12-9-6-3)61-55(58)49-46-43-40-37-35-33-31-28-25-23-21-19-17-14-11-8-5-2/h8,11,17,19,23,25,31,33,37,40,52H,4-7,9-10,12-16,18,20-22,24,26-30,32,34-36,38-39,41-51H2,1-3H3/b11-8-,19-17-,25-23-,33-31-,40-37-. The van der Waals surface area contributed by atoms with Crippen molar-refractivity contribution in [3.8, 4) is 0 Å². The highest BCUT2D eigenvalue weighted by Gasteiger charge is 2.19. The first-order chi connectivity index (χ1) is 30.0. The Hall–Kier alpha value is -2.89. The number of rotatable bonds is 46. The predicted octanol–water partition coefficient (Wildman–Crippen LogP) is 16.9. The quantitative estimate of drug-likeness (QED) is 0.0263. The second-order valence-corrected chi connectivity index (χ2v) is 17.1. The first-order valence-corrected chi connectivity index (χ1v) is 25.8. The number of allylic oxidation sites excluding steroid dienone is 10. The van der Waals surface area contributed by atoms with Crippen LogP contribution >= 0.6 is 0 Å². The molecule has 0 amide bonds. The highest BCUT2D eigenvalue weighted by Crippen LogP contribution is 2.16. The van der Waals surface area contributed by atoms with Gasteiger partial charge in [-0.05, 0) is 57.8 Å². The lowest BCUT2D eigenvalue weighted by Gasteiger charge is -2.18. The third-order valence-electron chi connectivity index (χ3n) is 11.0. The fourth-order valence-corrected chi connectivity index (χ4v) is 7.18. The first kappa shape index (κ1) is 58.1. The predicted molar refractivity (Wildman–Crippen MR) is 261 cm³/mol. The lowest BCUT2D eigenvalue weighted by atomic mass is 10.0. The van der Waals surface area contributed by atoms with E-state index in [2.05, 4.69) is 81.5 Å². The highest BCUT2D eigenvalue weighted by atomic mass is 16.6. The van der Waals surface area contributed by atoms with Crippen LogP contribution in [-0.2, 0) is 28.6 Å². The number of hydrogen-bond donors (Lipinski definition) is 0. The van der Waals surface area contributed by atoms with Gasteiger partial charge >= 0.3 is 17.9 Å². The van der Waals surface area contributed by atoms with Crippen molar-refractivity contribution in [2.45, 2.75) is 258 Å². The molecule has 0 N–H and O–H groups in total. The summed E-state index contributed by atoms with van der Waals surface area (Å²) in [7, 11) is 0. The molecule has 0 aromatic heterocycles. The number of unbranched alkanes of at least 4 members (excludes halogenated alkanes) is 25. The molecule has 1 atom stereocenters. The van der Waals surface area contributed by atoms with Crippen LogP contribution in [0.2, 0.25) is 0 Å². The molecule has 0 saturated carbocycles. The fourth-order valence-electron chi connectivity index (χ4n) is 7.18. The van der Waals surface area contributed by atoms with Crippen LogP contribution in [0.25, 0.3) is 0 Å². The molecule has 0 aromatic carbocycles. The summed E-state index contributed by atoms with van der Waals surface area (Å²) < 4.78 is 16.7. The van der Waals surface area contributed by atoms with Crippen LogP contribution in [0.4, 0.5) is 0 Å². The maximum atomic E-state index is 12.7. The Bertz CT molecular complexity index is 1120. The van der Waals surface area contributed by atoms with Gasteiger partial charge in [0.2, 0.25) is 0 Å². The highest BCUT2D eigenvalue weighted by molar-refractivity contribution is 5.71. The molecule has 0 bridgehead atoms. The third kappa shape index (κ3) is 48.0. The molecule has 0 radical (unpaired) electrons. The molecule has 0 fully saturated rings. The summed E-state index contributed by atoms with van der Waals surface area (Å²) in [5, 5.41) is 0. The number of carbonyl (C=O) groups is 3. The van der Waals surface area contributed by atoms with Gasteiger partial charge in [-0.25, -0.2) is 0 Å². The molecule has 1 unspecified atom stereocenters. The van der Waals surface area contributed by atoms with Crippen LogP contribution in [0.1, 0.15) is 252 Å². The first-order valence-electron chi connectivity index (χ1n) is 25.8. The largest absolute Gasteiger partial charge is 0.462 e. The minimum absolute atomic E-state index is 0.0941. The Balaban J connectivity index is 4.31. The normalized spacial score (nSPS) is 12.5. The van der Waals surface area contributed by atoms with Gasteiger partial charge in [-0.1, -0.05) is 236 Å². The average molecular weight is 853 g/mol.